The van der Waals surface area contributed by atoms with Gasteiger partial charge in [0, 0.05) is 42.5 Å². The van der Waals surface area contributed by atoms with E-state index in [4.69, 9.17) is 0 Å². The molecule has 0 unspecified atom stereocenters. The van der Waals surface area contributed by atoms with Crippen molar-refractivity contribution < 1.29 is 4.79 Å². The van der Waals surface area contributed by atoms with Crippen LogP contribution in [0.1, 0.15) is 11.3 Å². The maximum absolute atomic E-state index is 12.1. The van der Waals surface area contributed by atoms with Gasteiger partial charge in [0.05, 0.1) is 12.0 Å². The van der Waals surface area contributed by atoms with Crippen molar-refractivity contribution in [2.75, 3.05) is 0 Å². The summed E-state index contributed by atoms with van der Waals surface area (Å²) in [6, 6.07) is 8.90. The molecule has 25 heavy (non-hydrogen) atoms. The van der Waals surface area contributed by atoms with Gasteiger partial charge in [0.15, 0.2) is 0 Å². The van der Waals surface area contributed by atoms with Crippen LogP contribution < -0.4 is 10.9 Å². The van der Waals surface area contributed by atoms with E-state index in [0.29, 0.717) is 12.2 Å². The molecule has 0 bridgehead atoms. The van der Waals surface area contributed by atoms with Gasteiger partial charge in [-0.05, 0) is 36.8 Å². The first-order valence-corrected chi connectivity index (χ1v) is 7.77. The van der Waals surface area contributed by atoms with E-state index >= 15 is 0 Å². The van der Waals surface area contributed by atoms with Crippen molar-refractivity contribution in [1.82, 2.24) is 24.8 Å². The molecule has 0 radical (unpaired) electrons. The van der Waals surface area contributed by atoms with Gasteiger partial charge in [-0.15, -0.1) is 0 Å². The molecule has 0 atom stereocenters. The SMILES string of the molecule is Cc1cc(=O)n(CC(=O)NCc2ccnc(-c3ccncc3)c2)cn1. The van der Waals surface area contributed by atoms with E-state index in [1.165, 1.54) is 17.0 Å². The van der Waals surface area contributed by atoms with Crippen molar-refractivity contribution in [2.24, 2.45) is 0 Å². The zero-order valence-electron chi connectivity index (χ0n) is 13.7. The molecule has 0 aliphatic carbocycles. The zero-order chi connectivity index (χ0) is 17.6. The van der Waals surface area contributed by atoms with Crippen molar-refractivity contribution in [3.8, 4) is 11.3 Å². The number of carbonyl (C=O) groups excluding carboxylic acids is 1. The predicted octanol–water partition coefficient (Wildman–Crippen LogP) is 1.33. The van der Waals surface area contributed by atoms with Gasteiger partial charge in [0.2, 0.25) is 5.91 Å². The quantitative estimate of drug-likeness (QED) is 0.759. The molecule has 0 saturated heterocycles. The summed E-state index contributed by atoms with van der Waals surface area (Å²) in [5.74, 6) is -0.255. The summed E-state index contributed by atoms with van der Waals surface area (Å²) in [4.78, 5) is 36.2. The Balaban J connectivity index is 1.63. The average molecular weight is 335 g/mol. The number of aryl methyl sites for hydroxylation is 1. The molecule has 3 aromatic heterocycles. The second-order valence-electron chi connectivity index (χ2n) is 5.56. The summed E-state index contributed by atoms with van der Waals surface area (Å²) >= 11 is 0. The Labute approximate surface area is 144 Å². The minimum atomic E-state index is -0.255. The van der Waals surface area contributed by atoms with E-state index in [9.17, 15) is 9.59 Å². The van der Waals surface area contributed by atoms with E-state index in [2.05, 4.69) is 20.3 Å². The smallest absolute Gasteiger partial charge is 0.253 e. The molecular formula is C18H17N5O2. The molecule has 0 aliphatic rings. The van der Waals surface area contributed by atoms with Crippen LogP contribution in [0, 0.1) is 6.92 Å². The monoisotopic (exact) mass is 335 g/mol. The summed E-state index contributed by atoms with van der Waals surface area (Å²) in [5.41, 5.74) is 3.08. The molecule has 1 amide bonds. The van der Waals surface area contributed by atoms with Crippen LogP contribution >= 0.6 is 0 Å². The molecule has 3 rings (SSSR count). The number of rotatable bonds is 5. The lowest BCUT2D eigenvalue weighted by Crippen LogP contribution is -2.32. The first-order valence-electron chi connectivity index (χ1n) is 7.77. The highest BCUT2D eigenvalue weighted by molar-refractivity contribution is 5.75. The van der Waals surface area contributed by atoms with Crippen LogP contribution in [0.5, 0.6) is 0 Å². The zero-order valence-corrected chi connectivity index (χ0v) is 13.7. The van der Waals surface area contributed by atoms with Crippen LogP contribution in [0.2, 0.25) is 0 Å². The number of amides is 1. The summed E-state index contributed by atoms with van der Waals surface area (Å²) in [6.45, 7) is 2.03. The van der Waals surface area contributed by atoms with Gasteiger partial charge in [-0.3, -0.25) is 24.1 Å². The standard InChI is InChI=1S/C18H17N5O2/c1-13-8-18(25)23(12-22-13)11-17(24)21-10-14-2-7-20-16(9-14)15-3-5-19-6-4-15/h2-9,12H,10-11H2,1H3,(H,21,24). The molecule has 3 heterocycles. The highest BCUT2D eigenvalue weighted by Gasteiger charge is 2.06. The summed E-state index contributed by atoms with van der Waals surface area (Å²) in [6.07, 6.45) is 6.49. The first-order chi connectivity index (χ1) is 12.1. The fourth-order valence-electron chi connectivity index (χ4n) is 2.31. The number of nitrogens with zero attached hydrogens (tertiary/aromatic N) is 4. The van der Waals surface area contributed by atoms with Gasteiger partial charge >= 0.3 is 0 Å². The Morgan fingerprint density at radius 2 is 1.92 bits per heavy atom. The van der Waals surface area contributed by atoms with Crippen molar-refractivity contribution in [3.63, 3.8) is 0 Å². The third-order valence-corrected chi connectivity index (χ3v) is 3.62. The van der Waals surface area contributed by atoms with Crippen LogP contribution in [-0.2, 0) is 17.9 Å². The number of pyridine rings is 2. The van der Waals surface area contributed by atoms with Gasteiger partial charge in [0.25, 0.3) is 5.56 Å². The van der Waals surface area contributed by atoms with Gasteiger partial charge < -0.3 is 5.32 Å². The van der Waals surface area contributed by atoms with Gasteiger partial charge in [0.1, 0.15) is 6.54 Å². The van der Waals surface area contributed by atoms with E-state index in [0.717, 1.165) is 16.8 Å². The Bertz CT molecular complexity index is 937. The summed E-state index contributed by atoms with van der Waals surface area (Å²) in [5, 5.41) is 2.80. The molecule has 7 heteroatoms. The van der Waals surface area contributed by atoms with Crippen LogP contribution in [-0.4, -0.2) is 25.4 Å². The second kappa shape index (κ2) is 7.48. The molecule has 126 valence electrons. The van der Waals surface area contributed by atoms with Gasteiger partial charge in [-0.1, -0.05) is 0 Å². The van der Waals surface area contributed by atoms with Crippen molar-refractivity contribution >= 4 is 5.91 Å². The van der Waals surface area contributed by atoms with Crippen LogP contribution in [0.3, 0.4) is 0 Å². The minimum absolute atomic E-state index is 0.0611. The molecule has 0 aliphatic heterocycles. The molecule has 0 fully saturated rings. The van der Waals surface area contributed by atoms with Crippen molar-refractivity contribution in [2.45, 2.75) is 20.0 Å². The van der Waals surface area contributed by atoms with Gasteiger partial charge in [-0.2, -0.15) is 0 Å². The van der Waals surface area contributed by atoms with Gasteiger partial charge in [-0.25, -0.2) is 4.98 Å². The molecule has 0 saturated carbocycles. The predicted molar refractivity (Wildman–Crippen MR) is 92.5 cm³/mol. The lowest BCUT2D eigenvalue weighted by atomic mass is 10.1. The number of hydrogen-bond acceptors (Lipinski definition) is 5. The van der Waals surface area contributed by atoms with E-state index in [1.54, 1.807) is 25.5 Å². The lowest BCUT2D eigenvalue weighted by molar-refractivity contribution is -0.121. The fraction of sp³-hybridized carbons (Fsp3) is 0.167. The Hall–Kier alpha value is -3.35. The number of hydrogen-bond donors (Lipinski definition) is 1. The third kappa shape index (κ3) is 4.35. The van der Waals surface area contributed by atoms with Crippen LogP contribution in [0.25, 0.3) is 11.3 Å². The number of nitrogens with one attached hydrogen (secondary N) is 1. The molecule has 0 spiro atoms. The highest BCUT2D eigenvalue weighted by Crippen LogP contribution is 2.16. The van der Waals surface area contributed by atoms with Crippen LogP contribution in [0.4, 0.5) is 0 Å². The van der Waals surface area contributed by atoms with Crippen molar-refractivity contribution in [3.05, 3.63) is 76.9 Å². The average Bonchev–Trinajstić information content (AvgIpc) is 2.63. The third-order valence-electron chi connectivity index (χ3n) is 3.62. The molecular weight excluding hydrogens is 318 g/mol. The molecule has 0 aromatic carbocycles. The lowest BCUT2D eigenvalue weighted by Gasteiger charge is -2.08. The second-order valence-corrected chi connectivity index (χ2v) is 5.56. The topological polar surface area (TPSA) is 89.8 Å². The van der Waals surface area contributed by atoms with E-state index in [-0.39, 0.29) is 18.0 Å². The largest absolute Gasteiger partial charge is 0.350 e. The van der Waals surface area contributed by atoms with Crippen LogP contribution in [0.15, 0.2) is 60.0 Å². The maximum atomic E-state index is 12.1. The fourth-order valence-corrected chi connectivity index (χ4v) is 2.31. The summed E-state index contributed by atoms with van der Waals surface area (Å²) < 4.78 is 1.28. The normalized spacial score (nSPS) is 10.4. The summed E-state index contributed by atoms with van der Waals surface area (Å²) in [7, 11) is 0. The highest BCUT2D eigenvalue weighted by atomic mass is 16.2. The number of aromatic nitrogens is 4. The number of carbonyl (C=O) groups is 1. The van der Waals surface area contributed by atoms with E-state index < -0.39 is 0 Å². The van der Waals surface area contributed by atoms with E-state index in [1.807, 2.05) is 24.3 Å². The first kappa shape index (κ1) is 16.5. The van der Waals surface area contributed by atoms with Crippen molar-refractivity contribution in [1.29, 1.82) is 0 Å². The Morgan fingerprint density at radius 1 is 1.12 bits per heavy atom. The molecule has 7 nitrogen and oxygen atoms in total. The minimum Gasteiger partial charge on any atom is -0.350 e. The molecule has 1 N–H and O–H groups in total. The molecule has 3 aromatic rings. The maximum Gasteiger partial charge on any atom is 0.253 e. The Kier molecular flexibility index (Phi) is 4.94. The Morgan fingerprint density at radius 3 is 2.68 bits per heavy atom.